The Morgan fingerprint density at radius 3 is 2.18 bits per heavy atom. The Morgan fingerprint density at radius 2 is 1.43 bits per heavy atom. The van der Waals surface area contributed by atoms with Crippen LogP contribution in [0.2, 0.25) is 0 Å². The van der Waals surface area contributed by atoms with Gasteiger partial charge in [0.05, 0.1) is 0 Å². The fourth-order valence-electron chi connectivity index (χ4n) is 4.28. The molecule has 0 heteroatoms. The molecule has 1 aliphatic carbocycles. The van der Waals surface area contributed by atoms with Gasteiger partial charge in [0.25, 0.3) is 0 Å². The molecule has 0 spiro atoms. The number of benzene rings is 3. The Hall–Kier alpha value is -2.60. The lowest BCUT2D eigenvalue weighted by Crippen LogP contribution is -1.96. The number of rotatable bonds is 7. The third-order valence-electron chi connectivity index (χ3n) is 5.66. The molecule has 0 nitrogen and oxygen atoms in total. The van der Waals surface area contributed by atoms with Crippen LogP contribution in [0.3, 0.4) is 0 Å². The molecule has 4 rings (SSSR count). The lowest BCUT2D eigenvalue weighted by atomic mass is 9.86. The number of hydrogen-bond acceptors (Lipinski definition) is 0. The molecular weight excluding hydrogens is 336 g/mol. The highest BCUT2D eigenvalue weighted by molar-refractivity contribution is 5.92. The minimum absolute atomic E-state index is 1.11. The normalized spacial score (nSPS) is 12.7. The summed E-state index contributed by atoms with van der Waals surface area (Å²) < 4.78 is 0. The molecule has 0 aromatic heterocycles. The van der Waals surface area contributed by atoms with Crippen LogP contribution >= 0.6 is 0 Å². The third-order valence-corrected chi connectivity index (χ3v) is 5.66. The summed E-state index contributed by atoms with van der Waals surface area (Å²) in [4.78, 5) is 0. The molecule has 0 saturated heterocycles. The van der Waals surface area contributed by atoms with E-state index in [0.29, 0.717) is 0 Å². The molecule has 3 aromatic carbocycles. The Balaban J connectivity index is 1.89. The molecule has 141 valence electrons. The van der Waals surface area contributed by atoms with E-state index in [1.165, 1.54) is 63.8 Å². The lowest BCUT2D eigenvalue weighted by molar-refractivity contribution is 0.797. The van der Waals surface area contributed by atoms with Crippen molar-refractivity contribution in [1.29, 1.82) is 0 Å². The summed E-state index contributed by atoms with van der Waals surface area (Å²) in [6.07, 6.45) is 10.8. The number of allylic oxidation sites excluding steroid dienone is 1. The second-order valence-corrected chi connectivity index (χ2v) is 7.73. The van der Waals surface area contributed by atoms with Crippen molar-refractivity contribution >= 4 is 6.08 Å². The van der Waals surface area contributed by atoms with Crippen molar-refractivity contribution in [3.05, 3.63) is 95.4 Å². The Kier molecular flexibility index (Phi) is 5.76. The predicted molar refractivity (Wildman–Crippen MR) is 122 cm³/mol. The molecular formula is C28H29. The van der Waals surface area contributed by atoms with Gasteiger partial charge in [-0.15, -0.1) is 0 Å². The minimum atomic E-state index is 1.11. The zero-order valence-electron chi connectivity index (χ0n) is 17.0. The molecule has 0 fully saturated rings. The van der Waals surface area contributed by atoms with Gasteiger partial charge in [0.2, 0.25) is 0 Å². The van der Waals surface area contributed by atoms with Gasteiger partial charge in [-0.3, -0.25) is 0 Å². The fourth-order valence-corrected chi connectivity index (χ4v) is 4.28. The lowest BCUT2D eigenvalue weighted by Gasteiger charge is -2.18. The molecule has 0 bridgehead atoms. The van der Waals surface area contributed by atoms with E-state index in [1.54, 1.807) is 0 Å². The highest BCUT2D eigenvalue weighted by Gasteiger charge is 2.21. The molecule has 1 aliphatic rings. The van der Waals surface area contributed by atoms with E-state index in [0.717, 1.165) is 12.8 Å². The van der Waals surface area contributed by atoms with Gasteiger partial charge < -0.3 is 0 Å². The van der Waals surface area contributed by atoms with E-state index < -0.39 is 0 Å². The summed E-state index contributed by atoms with van der Waals surface area (Å²) in [6.45, 7) is 4.54. The van der Waals surface area contributed by atoms with E-state index in [2.05, 4.69) is 93.1 Å². The second-order valence-electron chi connectivity index (χ2n) is 7.73. The van der Waals surface area contributed by atoms with Crippen LogP contribution in [0, 0.1) is 6.42 Å². The molecule has 0 unspecified atom stereocenters. The van der Waals surface area contributed by atoms with Gasteiger partial charge in [0, 0.05) is 6.42 Å². The Bertz CT molecular complexity index is 976. The highest BCUT2D eigenvalue weighted by atomic mass is 14.2. The van der Waals surface area contributed by atoms with Crippen LogP contribution in [0.1, 0.15) is 56.2 Å². The number of aryl methyl sites for hydroxylation is 1. The van der Waals surface area contributed by atoms with Crippen LogP contribution < -0.4 is 0 Å². The zero-order valence-corrected chi connectivity index (χ0v) is 17.0. The highest BCUT2D eigenvalue weighted by Crippen LogP contribution is 2.42. The summed E-state index contributed by atoms with van der Waals surface area (Å²) in [5.41, 5.74) is 11.1. The van der Waals surface area contributed by atoms with E-state index in [1.807, 2.05) is 0 Å². The van der Waals surface area contributed by atoms with E-state index in [-0.39, 0.29) is 0 Å². The fraction of sp³-hybridized carbons (Fsp3) is 0.250. The maximum absolute atomic E-state index is 2.45. The topological polar surface area (TPSA) is 0 Å². The zero-order chi connectivity index (χ0) is 19.3. The van der Waals surface area contributed by atoms with Crippen molar-refractivity contribution in [2.75, 3.05) is 0 Å². The summed E-state index contributed by atoms with van der Waals surface area (Å²) in [5.74, 6) is 0. The Labute approximate surface area is 169 Å². The predicted octanol–water partition coefficient (Wildman–Crippen LogP) is 8.11. The van der Waals surface area contributed by atoms with Crippen LogP contribution in [0.4, 0.5) is 0 Å². The third kappa shape index (κ3) is 3.69. The first kappa shape index (κ1) is 18.7. The first-order chi connectivity index (χ1) is 13.8. The van der Waals surface area contributed by atoms with Crippen molar-refractivity contribution in [2.45, 2.75) is 46.0 Å². The van der Waals surface area contributed by atoms with Gasteiger partial charge in [-0.1, -0.05) is 105 Å². The molecule has 0 saturated carbocycles. The second kappa shape index (κ2) is 8.61. The molecule has 1 radical (unpaired) electrons. The van der Waals surface area contributed by atoms with E-state index >= 15 is 0 Å². The maximum atomic E-state index is 2.45. The number of unbranched alkanes of at least 4 members (excludes halogenated alkanes) is 1. The van der Waals surface area contributed by atoms with Crippen molar-refractivity contribution in [3.8, 4) is 22.3 Å². The molecule has 0 aliphatic heterocycles. The summed E-state index contributed by atoms with van der Waals surface area (Å²) in [5, 5.41) is 0. The van der Waals surface area contributed by atoms with Crippen LogP contribution in [-0.2, 0) is 6.42 Å². The van der Waals surface area contributed by atoms with Crippen molar-refractivity contribution in [3.63, 3.8) is 0 Å². The van der Waals surface area contributed by atoms with E-state index in [9.17, 15) is 0 Å². The van der Waals surface area contributed by atoms with Gasteiger partial charge in [-0.05, 0) is 58.2 Å². The van der Waals surface area contributed by atoms with Gasteiger partial charge in [0.15, 0.2) is 0 Å². The quantitative estimate of drug-likeness (QED) is 0.396. The molecule has 0 N–H and O–H groups in total. The SMILES string of the molecule is CCCCC1=Cc2c(ccc(CCC)c2-c2ccccc2-c2ccccc2)[CH]1. The molecule has 0 atom stereocenters. The van der Waals surface area contributed by atoms with Gasteiger partial charge >= 0.3 is 0 Å². The molecule has 28 heavy (non-hydrogen) atoms. The standard InChI is InChI=1S/C28H29/c1-3-5-12-21-19-24-18-17-23(11-4-2)28(27(24)20-21)26-16-10-9-15-25(26)22-13-7-6-8-14-22/h6-10,13-20H,3-5,11-12H2,1-2H3. The van der Waals surface area contributed by atoms with Crippen molar-refractivity contribution in [2.24, 2.45) is 0 Å². The first-order valence-electron chi connectivity index (χ1n) is 10.7. The van der Waals surface area contributed by atoms with Crippen molar-refractivity contribution < 1.29 is 0 Å². The average Bonchev–Trinajstić information content (AvgIpc) is 3.16. The number of hydrogen-bond donors (Lipinski definition) is 0. The summed E-state index contributed by atoms with van der Waals surface area (Å²) >= 11 is 0. The Morgan fingerprint density at radius 1 is 0.679 bits per heavy atom. The van der Waals surface area contributed by atoms with Gasteiger partial charge in [-0.2, -0.15) is 0 Å². The number of fused-ring (bicyclic) bond motifs is 1. The molecule has 3 aromatic rings. The molecule has 0 heterocycles. The monoisotopic (exact) mass is 365 g/mol. The van der Waals surface area contributed by atoms with Gasteiger partial charge in [0.1, 0.15) is 0 Å². The summed E-state index contributed by atoms with van der Waals surface area (Å²) in [6, 6.07) is 24.4. The van der Waals surface area contributed by atoms with Crippen molar-refractivity contribution in [1.82, 2.24) is 0 Å². The smallest absolute Gasteiger partial charge is 0.0164 e. The maximum Gasteiger partial charge on any atom is 0.0164 e. The van der Waals surface area contributed by atoms with E-state index in [4.69, 9.17) is 0 Å². The van der Waals surface area contributed by atoms with Crippen LogP contribution in [0.15, 0.2) is 72.3 Å². The van der Waals surface area contributed by atoms with Crippen LogP contribution in [-0.4, -0.2) is 0 Å². The first-order valence-corrected chi connectivity index (χ1v) is 10.7. The molecule has 0 amide bonds. The van der Waals surface area contributed by atoms with Crippen LogP contribution in [0.5, 0.6) is 0 Å². The largest absolute Gasteiger partial charge is 0.0654 e. The average molecular weight is 366 g/mol. The van der Waals surface area contributed by atoms with Crippen LogP contribution in [0.25, 0.3) is 28.3 Å². The minimum Gasteiger partial charge on any atom is -0.0654 e. The van der Waals surface area contributed by atoms with Gasteiger partial charge in [-0.25, -0.2) is 0 Å². The summed E-state index contributed by atoms with van der Waals surface area (Å²) in [7, 11) is 0.